The van der Waals surface area contributed by atoms with Crippen LogP contribution < -0.4 is 0 Å². The number of fused-ring (bicyclic) bond motifs is 1. The SMILES string of the molecule is CCn1nc(C)c(Br)c1Cn1ccc2ccc(Cl)cc21. The first kappa shape index (κ1) is 13.7. The van der Waals surface area contributed by atoms with Crippen LogP contribution in [0.5, 0.6) is 0 Å². The molecule has 2 heterocycles. The van der Waals surface area contributed by atoms with Crippen LogP contribution in [0.4, 0.5) is 0 Å². The molecule has 0 fully saturated rings. The topological polar surface area (TPSA) is 22.8 Å². The maximum atomic E-state index is 6.10. The molecule has 0 aliphatic carbocycles. The fourth-order valence-corrected chi connectivity index (χ4v) is 3.05. The van der Waals surface area contributed by atoms with Crippen molar-refractivity contribution in [1.29, 1.82) is 0 Å². The van der Waals surface area contributed by atoms with Gasteiger partial charge in [0.05, 0.1) is 22.4 Å². The minimum absolute atomic E-state index is 0.761. The molecule has 0 saturated carbocycles. The van der Waals surface area contributed by atoms with Crippen molar-refractivity contribution in [3.63, 3.8) is 0 Å². The van der Waals surface area contributed by atoms with Gasteiger partial charge < -0.3 is 4.57 Å². The van der Waals surface area contributed by atoms with E-state index in [2.05, 4.69) is 44.8 Å². The minimum atomic E-state index is 0.761. The van der Waals surface area contributed by atoms with Gasteiger partial charge in [-0.15, -0.1) is 0 Å². The first-order valence-electron chi connectivity index (χ1n) is 6.56. The Balaban J connectivity index is 2.07. The van der Waals surface area contributed by atoms with Crippen LogP contribution in [0.1, 0.15) is 18.3 Å². The summed E-state index contributed by atoms with van der Waals surface area (Å²) in [5, 5.41) is 6.50. The number of nitrogens with zero attached hydrogens (tertiary/aromatic N) is 3. The van der Waals surface area contributed by atoms with E-state index in [0.29, 0.717) is 0 Å². The first-order chi connectivity index (χ1) is 9.60. The van der Waals surface area contributed by atoms with Gasteiger partial charge in [0.15, 0.2) is 0 Å². The summed E-state index contributed by atoms with van der Waals surface area (Å²) in [5.41, 5.74) is 3.35. The number of hydrogen-bond donors (Lipinski definition) is 0. The van der Waals surface area contributed by atoms with E-state index in [0.717, 1.165) is 33.8 Å². The third kappa shape index (κ3) is 2.27. The molecular weight excluding hydrogens is 338 g/mol. The Hall–Kier alpha value is -1.26. The van der Waals surface area contributed by atoms with Gasteiger partial charge in [-0.3, -0.25) is 4.68 Å². The number of rotatable bonds is 3. The number of halogens is 2. The molecule has 20 heavy (non-hydrogen) atoms. The van der Waals surface area contributed by atoms with Gasteiger partial charge in [0.1, 0.15) is 0 Å². The summed E-state index contributed by atoms with van der Waals surface area (Å²) in [4.78, 5) is 0. The van der Waals surface area contributed by atoms with Crippen LogP contribution >= 0.6 is 27.5 Å². The normalized spacial score (nSPS) is 11.4. The zero-order chi connectivity index (χ0) is 14.3. The predicted molar refractivity (Wildman–Crippen MR) is 86.4 cm³/mol. The molecule has 0 radical (unpaired) electrons. The van der Waals surface area contributed by atoms with Crippen molar-refractivity contribution in [2.75, 3.05) is 0 Å². The zero-order valence-electron chi connectivity index (χ0n) is 11.4. The lowest BCUT2D eigenvalue weighted by atomic mass is 10.2. The van der Waals surface area contributed by atoms with Gasteiger partial charge in [-0.05, 0) is 53.4 Å². The van der Waals surface area contributed by atoms with Crippen LogP contribution in [0, 0.1) is 6.92 Å². The highest BCUT2D eigenvalue weighted by Gasteiger charge is 2.13. The Kier molecular flexibility index (Phi) is 3.61. The third-order valence-corrected chi connectivity index (χ3v) is 4.78. The highest BCUT2D eigenvalue weighted by atomic mass is 79.9. The number of aromatic nitrogens is 3. The fraction of sp³-hybridized carbons (Fsp3) is 0.267. The van der Waals surface area contributed by atoms with Gasteiger partial charge in [0, 0.05) is 23.3 Å². The van der Waals surface area contributed by atoms with Gasteiger partial charge in [-0.1, -0.05) is 17.7 Å². The molecule has 5 heteroatoms. The van der Waals surface area contributed by atoms with Crippen molar-refractivity contribution in [3.05, 3.63) is 51.3 Å². The maximum Gasteiger partial charge on any atom is 0.0739 e. The van der Waals surface area contributed by atoms with Crippen molar-refractivity contribution in [1.82, 2.24) is 14.3 Å². The quantitative estimate of drug-likeness (QED) is 0.674. The standard InChI is InChI=1S/C15H15BrClN3/c1-3-20-14(15(16)10(2)18-20)9-19-7-6-11-4-5-12(17)8-13(11)19/h4-8H,3,9H2,1-2H3. The van der Waals surface area contributed by atoms with Crippen LogP contribution in [-0.4, -0.2) is 14.3 Å². The first-order valence-corrected chi connectivity index (χ1v) is 7.73. The van der Waals surface area contributed by atoms with Gasteiger partial charge in [-0.2, -0.15) is 5.10 Å². The van der Waals surface area contributed by atoms with E-state index in [1.807, 2.05) is 29.8 Å². The number of aryl methyl sites for hydroxylation is 2. The Bertz CT molecular complexity index is 773. The van der Waals surface area contributed by atoms with Crippen molar-refractivity contribution in [2.24, 2.45) is 0 Å². The van der Waals surface area contributed by atoms with Crippen molar-refractivity contribution in [3.8, 4) is 0 Å². The van der Waals surface area contributed by atoms with Crippen LogP contribution in [0.15, 0.2) is 34.9 Å². The monoisotopic (exact) mass is 351 g/mol. The Morgan fingerprint density at radius 2 is 2.10 bits per heavy atom. The lowest BCUT2D eigenvalue weighted by Gasteiger charge is -2.08. The summed E-state index contributed by atoms with van der Waals surface area (Å²) in [6.07, 6.45) is 2.09. The average Bonchev–Trinajstić information content (AvgIpc) is 2.95. The Labute approximate surface area is 131 Å². The Morgan fingerprint density at radius 3 is 2.85 bits per heavy atom. The maximum absolute atomic E-state index is 6.10. The minimum Gasteiger partial charge on any atom is -0.341 e. The second kappa shape index (κ2) is 5.26. The highest BCUT2D eigenvalue weighted by Crippen LogP contribution is 2.25. The van der Waals surface area contributed by atoms with E-state index in [9.17, 15) is 0 Å². The largest absolute Gasteiger partial charge is 0.341 e. The van der Waals surface area contributed by atoms with Gasteiger partial charge in [-0.25, -0.2) is 0 Å². The molecule has 0 amide bonds. The second-order valence-corrected chi connectivity index (χ2v) is 6.04. The average molecular weight is 353 g/mol. The van der Waals surface area contributed by atoms with E-state index in [-0.39, 0.29) is 0 Å². The van der Waals surface area contributed by atoms with E-state index in [1.54, 1.807) is 0 Å². The lowest BCUT2D eigenvalue weighted by Crippen LogP contribution is -2.07. The van der Waals surface area contributed by atoms with Crippen molar-refractivity contribution in [2.45, 2.75) is 26.9 Å². The van der Waals surface area contributed by atoms with Crippen LogP contribution in [0.2, 0.25) is 5.02 Å². The molecule has 0 aliphatic rings. The highest BCUT2D eigenvalue weighted by molar-refractivity contribution is 9.10. The van der Waals surface area contributed by atoms with E-state index in [1.165, 1.54) is 11.1 Å². The fourth-order valence-electron chi connectivity index (χ4n) is 2.48. The molecular formula is C15H15BrClN3. The third-order valence-electron chi connectivity index (χ3n) is 3.51. The molecule has 0 spiro atoms. The van der Waals surface area contributed by atoms with Crippen LogP contribution in [-0.2, 0) is 13.1 Å². The zero-order valence-corrected chi connectivity index (χ0v) is 13.7. The van der Waals surface area contributed by atoms with E-state index in [4.69, 9.17) is 11.6 Å². The molecule has 0 aliphatic heterocycles. The van der Waals surface area contributed by atoms with E-state index < -0.39 is 0 Å². The molecule has 0 bridgehead atoms. The molecule has 0 N–H and O–H groups in total. The number of benzene rings is 1. The molecule has 3 aromatic rings. The summed E-state index contributed by atoms with van der Waals surface area (Å²) in [6, 6.07) is 8.08. The van der Waals surface area contributed by atoms with Gasteiger partial charge in [0.2, 0.25) is 0 Å². The summed E-state index contributed by atoms with van der Waals surface area (Å²) >= 11 is 9.75. The van der Waals surface area contributed by atoms with Gasteiger partial charge in [0.25, 0.3) is 0 Å². The predicted octanol–water partition coefficient (Wildman–Crippen LogP) is 4.63. The summed E-state index contributed by atoms with van der Waals surface area (Å²) < 4.78 is 5.33. The molecule has 104 valence electrons. The lowest BCUT2D eigenvalue weighted by molar-refractivity contribution is 0.601. The van der Waals surface area contributed by atoms with Crippen molar-refractivity contribution < 1.29 is 0 Å². The van der Waals surface area contributed by atoms with Crippen LogP contribution in [0.25, 0.3) is 10.9 Å². The molecule has 1 aromatic carbocycles. The molecule has 3 rings (SSSR count). The molecule has 2 aromatic heterocycles. The molecule has 0 atom stereocenters. The van der Waals surface area contributed by atoms with Crippen molar-refractivity contribution >= 4 is 38.4 Å². The van der Waals surface area contributed by atoms with Gasteiger partial charge >= 0.3 is 0 Å². The Morgan fingerprint density at radius 1 is 1.30 bits per heavy atom. The summed E-state index contributed by atoms with van der Waals surface area (Å²) in [5.74, 6) is 0. The van der Waals surface area contributed by atoms with Crippen LogP contribution in [0.3, 0.4) is 0 Å². The molecule has 3 nitrogen and oxygen atoms in total. The smallest absolute Gasteiger partial charge is 0.0739 e. The second-order valence-electron chi connectivity index (χ2n) is 4.81. The summed E-state index contributed by atoms with van der Waals surface area (Å²) in [6.45, 7) is 5.76. The number of hydrogen-bond acceptors (Lipinski definition) is 1. The molecule has 0 saturated heterocycles. The molecule has 0 unspecified atom stereocenters. The summed E-state index contributed by atoms with van der Waals surface area (Å²) in [7, 11) is 0. The van der Waals surface area contributed by atoms with E-state index >= 15 is 0 Å².